The Morgan fingerprint density at radius 2 is 2.24 bits per heavy atom. The lowest BCUT2D eigenvalue weighted by atomic mass is 10.3. The third-order valence-corrected chi connectivity index (χ3v) is 5.48. The van der Waals surface area contributed by atoms with E-state index < -0.39 is 0 Å². The first-order chi connectivity index (χ1) is 10.2. The van der Waals surface area contributed by atoms with Gasteiger partial charge in [0.25, 0.3) is 0 Å². The summed E-state index contributed by atoms with van der Waals surface area (Å²) in [7, 11) is 0. The van der Waals surface area contributed by atoms with Crippen LogP contribution in [0.5, 0.6) is 0 Å². The molecule has 1 saturated carbocycles. The summed E-state index contributed by atoms with van der Waals surface area (Å²) < 4.78 is 0. The number of thiophene rings is 2. The van der Waals surface area contributed by atoms with Crippen molar-refractivity contribution in [3.8, 4) is 0 Å². The van der Waals surface area contributed by atoms with Gasteiger partial charge in [0.15, 0.2) is 0 Å². The lowest BCUT2D eigenvalue weighted by molar-refractivity contribution is 0.791. The average Bonchev–Trinajstić information content (AvgIpc) is 3.01. The number of rotatable bonds is 4. The van der Waals surface area contributed by atoms with Crippen molar-refractivity contribution in [3.63, 3.8) is 0 Å². The van der Waals surface area contributed by atoms with Crippen LogP contribution < -0.4 is 10.6 Å². The van der Waals surface area contributed by atoms with E-state index in [4.69, 9.17) is 5.73 Å². The van der Waals surface area contributed by atoms with E-state index in [-0.39, 0.29) is 0 Å². The molecular formula is C15H16N4S2. The zero-order valence-electron chi connectivity index (χ0n) is 11.7. The molecule has 0 amide bonds. The lowest BCUT2D eigenvalue weighted by Gasteiger charge is -2.23. The summed E-state index contributed by atoms with van der Waals surface area (Å²) in [5.74, 6) is 1.37. The predicted octanol–water partition coefficient (Wildman–Crippen LogP) is 3.81. The van der Waals surface area contributed by atoms with Crippen LogP contribution in [0, 0.1) is 6.92 Å². The van der Waals surface area contributed by atoms with Crippen molar-refractivity contribution in [2.75, 3.05) is 10.6 Å². The Bertz CT molecular complexity index is 774. The third-order valence-electron chi connectivity index (χ3n) is 3.68. The number of aromatic nitrogens is 2. The molecule has 4 nitrogen and oxygen atoms in total. The number of fused-ring (bicyclic) bond motifs is 1. The summed E-state index contributed by atoms with van der Waals surface area (Å²) >= 11 is 3.47. The molecule has 0 bridgehead atoms. The minimum atomic E-state index is 0.371. The molecule has 3 aromatic heterocycles. The molecule has 6 heteroatoms. The maximum Gasteiger partial charge on any atom is 0.223 e. The van der Waals surface area contributed by atoms with E-state index in [1.54, 1.807) is 22.7 Å². The van der Waals surface area contributed by atoms with Crippen LogP contribution in [0.1, 0.15) is 22.6 Å². The first-order valence-electron chi connectivity index (χ1n) is 7.03. The fraction of sp³-hybridized carbons (Fsp3) is 0.333. The Hall–Kier alpha value is -1.66. The molecule has 3 heterocycles. The molecule has 0 saturated heterocycles. The smallest absolute Gasteiger partial charge is 0.223 e. The van der Waals surface area contributed by atoms with Gasteiger partial charge in [0.1, 0.15) is 10.6 Å². The summed E-state index contributed by atoms with van der Waals surface area (Å²) in [6.07, 6.45) is 2.47. The van der Waals surface area contributed by atoms with E-state index in [0.29, 0.717) is 12.0 Å². The van der Waals surface area contributed by atoms with Crippen LogP contribution in [0.15, 0.2) is 23.6 Å². The maximum absolute atomic E-state index is 5.93. The van der Waals surface area contributed by atoms with Gasteiger partial charge in [-0.15, -0.1) is 22.7 Å². The molecule has 1 aliphatic rings. The molecule has 0 spiro atoms. The molecule has 0 aliphatic heterocycles. The summed E-state index contributed by atoms with van der Waals surface area (Å²) in [6.45, 7) is 3.01. The second-order valence-electron chi connectivity index (χ2n) is 5.42. The van der Waals surface area contributed by atoms with Crippen LogP contribution in [-0.4, -0.2) is 16.0 Å². The molecule has 1 fully saturated rings. The third kappa shape index (κ3) is 2.49. The van der Waals surface area contributed by atoms with E-state index in [2.05, 4.69) is 45.4 Å². The van der Waals surface area contributed by atoms with Gasteiger partial charge in [-0.2, -0.15) is 4.98 Å². The Morgan fingerprint density at radius 1 is 1.38 bits per heavy atom. The highest BCUT2D eigenvalue weighted by atomic mass is 32.1. The van der Waals surface area contributed by atoms with Crippen molar-refractivity contribution in [2.24, 2.45) is 0 Å². The second-order valence-corrected chi connectivity index (χ2v) is 7.69. The zero-order valence-corrected chi connectivity index (χ0v) is 13.4. The largest absolute Gasteiger partial charge is 0.368 e. The average molecular weight is 316 g/mol. The topological polar surface area (TPSA) is 55.0 Å². The first-order valence-corrected chi connectivity index (χ1v) is 8.73. The van der Waals surface area contributed by atoms with Crippen molar-refractivity contribution in [1.82, 2.24) is 9.97 Å². The number of nitrogen functional groups attached to an aromatic ring is 1. The molecule has 21 heavy (non-hydrogen) atoms. The van der Waals surface area contributed by atoms with Gasteiger partial charge in [0.2, 0.25) is 5.95 Å². The maximum atomic E-state index is 5.93. The van der Waals surface area contributed by atoms with E-state index >= 15 is 0 Å². The zero-order chi connectivity index (χ0) is 14.4. The van der Waals surface area contributed by atoms with Crippen molar-refractivity contribution >= 4 is 44.7 Å². The quantitative estimate of drug-likeness (QED) is 0.795. The molecular weight excluding hydrogens is 300 g/mol. The summed E-state index contributed by atoms with van der Waals surface area (Å²) in [5, 5.41) is 3.26. The van der Waals surface area contributed by atoms with Gasteiger partial charge in [-0.1, -0.05) is 6.07 Å². The van der Waals surface area contributed by atoms with Crippen LogP contribution in [0.3, 0.4) is 0 Å². The molecule has 1 aliphatic carbocycles. The van der Waals surface area contributed by atoms with Crippen LogP contribution in [0.25, 0.3) is 10.2 Å². The highest BCUT2D eigenvalue weighted by molar-refractivity contribution is 7.18. The van der Waals surface area contributed by atoms with Crippen molar-refractivity contribution in [1.29, 1.82) is 0 Å². The summed E-state index contributed by atoms with van der Waals surface area (Å²) in [6, 6.07) is 7.05. The fourth-order valence-corrected chi connectivity index (χ4v) is 4.18. The van der Waals surface area contributed by atoms with Gasteiger partial charge in [-0.3, -0.25) is 0 Å². The molecule has 0 radical (unpaired) electrons. The molecule has 0 aromatic carbocycles. The van der Waals surface area contributed by atoms with Gasteiger partial charge in [0, 0.05) is 15.8 Å². The highest BCUT2D eigenvalue weighted by Gasteiger charge is 2.32. The Labute approximate surface area is 131 Å². The Balaban J connectivity index is 1.81. The minimum Gasteiger partial charge on any atom is -0.368 e. The van der Waals surface area contributed by atoms with Crippen molar-refractivity contribution in [3.05, 3.63) is 33.3 Å². The summed E-state index contributed by atoms with van der Waals surface area (Å²) in [5.41, 5.74) is 5.93. The number of nitrogens with zero attached hydrogens (tertiary/aromatic N) is 3. The SMILES string of the molecule is Cc1cc2c(N(Cc3cccs3)C3CC3)nc(N)nc2s1. The van der Waals surface area contributed by atoms with E-state index in [9.17, 15) is 0 Å². The van der Waals surface area contributed by atoms with E-state index in [1.165, 1.54) is 22.6 Å². The van der Waals surface area contributed by atoms with Gasteiger partial charge in [-0.25, -0.2) is 4.98 Å². The molecule has 0 atom stereocenters. The number of anilines is 2. The predicted molar refractivity (Wildman–Crippen MR) is 90.1 cm³/mol. The minimum absolute atomic E-state index is 0.371. The van der Waals surface area contributed by atoms with E-state index in [0.717, 1.165) is 22.6 Å². The standard InChI is InChI=1S/C15H16N4S2/c1-9-7-12-13(17-15(16)18-14(12)21-9)19(10-4-5-10)8-11-3-2-6-20-11/h2-3,6-7,10H,4-5,8H2,1H3,(H2,16,17,18). The monoisotopic (exact) mass is 316 g/mol. The fourth-order valence-electron chi connectivity index (χ4n) is 2.60. The molecule has 0 unspecified atom stereocenters. The van der Waals surface area contributed by atoms with Gasteiger partial charge < -0.3 is 10.6 Å². The first kappa shape index (κ1) is 13.0. The summed E-state index contributed by atoms with van der Waals surface area (Å²) in [4.78, 5) is 14.9. The Morgan fingerprint density at radius 3 is 2.95 bits per heavy atom. The van der Waals surface area contributed by atoms with Gasteiger partial charge in [-0.05, 0) is 37.3 Å². The van der Waals surface area contributed by atoms with Crippen molar-refractivity contribution in [2.45, 2.75) is 32.4 Å². The van der Waals surface area contributed by atoms with Crippen molar-refractivity contribution < 1.29 is 0 Å². The molecule has 3 aromatic rings. The van der Waals surface area contributed by atoms with Crippen LogP contribution >= 0.6 is 22.7 Å². The van der Waals surface area contributed by atoms with Gasteiger partial charge in [0.05, 0.1) is 11.9 Å². The number of hydrogen-bond acceptors (Lipinski definition) is 6. The van der Waals surface area contributed by atoms with Crippen LogP contribution in [0.2, 0.25) is 0 Å². The van der Waals surface area contributed by atoms with Gasteiger partial charge >= 0.3 is 0 Å². The number of hydrogen-bond donors (Lipinski definition) is 1. The molecule has 4 rings (SSSR count). The van der Waals surface area contributed by atoms with Crippen LogP contribution in [0.4, 0.5) is 11.8 Å². The molecule has 108 valence electrons. The second kappa shape index (κ2) is 4.96. The normalized spacial score (nSPS) is 14.7. The highest BCUT2D eigenvalue weighted by Crippen LogP contribution is 2.38. The Kier molecular flexibility index (Phi) is 3.08. The molecule has 2 N–H and O–H groups in total. The number of aryl methyl sites for hydroxylation is 1. The van der Waals surface area contributed by atoms with Crippen LogP contribution in [-0.2, 0) is 6.54 Å². The number of nitrogens with two attached hydrogens (primary N) is 1. The lowest BCUT2D eigenvalue weighted by Crippen LogP contribution is -2.26. The van der Waals surface area contributed by atoms with E-state index in [1.807, 2.05) is 0 Å².